The Morgan fingerprint density at radius 2 is 2.06 bits per heavy atom. The number of rotatable bonds is 6. The summed E-state index contributed by atoms with van der Waals surface area (Å²) in [5, 5.41) is 0. The molecule has 0 radical (unpaired) electrons. The predicted octanol–water partition coefficient (Wildman–Crippen LogP) is 3.11. The molecule has 0 saturated heterocycles. The highest BCUT2D eigenvalue weighted by Crippen LogP contribution is 2.08. The molecule has 0 aliphatic carbocycles. The average Bonchev–Trinajstić information content (AvgIpc) is 2.87. The van der Waals surface area contributed by atoms with E-state index in [4.69, 9.17) is 0 Å². The van der Waals surface area contributed by atoms with Crippen molar-refractivity contribution < 1.29 is 4.79 Å². The normalized spacial score (nSPS) is 10.5. The molecule has 0 aliphatic heterocycles. The van der Waals surface area contributed by atoms with Crippen LogP contribution in [0, 0.1) is 0 Å². The lowest BCUT2D eigenvalue weighted by Gasteiger charge is -2.02. The van der Waals surface area contributed by atoms with Gasteiger partial charge in [0.2, 0.25) is 0 Å². The number of hydrogen-bond acceptors (Lipinski definition) is 2. The summed E-state index contributed by atoms with van der Waals surface area (Å²) < 4.78 is 2.07. The zero-order chi connectivity index (χ0) is 12.8. The van der Waals surface area contributed by atoms with Crippen LogP contribution in [0.15, 0.2) is 43.0 Å². The number of pyridine rings is 1. The summed E-state index contributed by atoms with van der Waals surface area (Å²) >= 11 is 0. The number of nitrogens with zero attached hydrogens (tertiary/aromatic N) is 2. The molecule has 2 heterocycles. The molecule has 0 N–H and O–H groups in total. The van der Waals surface area contributed by atoms with E-state index >= 15 is 0 Å². The second-order valence-electron chi connectivity index (χ2n) is 4.42. The van der Waals surface area contributed by atoms with E-state index in [0.717, 1.165) is 24.9 Å². The summed E-state index contributed by atoms with van der Waals surface area (Å²) in [7, 11) is 0. The van der Waals surface area contributed by atoms with Gasteiger partial charge in [-0.15, -0.1) is 0 Å². The van der Waals surface area contributed by atoms with E-state index in [0.29, 0.717) is 6.42 Å². The maximum atomic E-state index is 11.7. The first kappa shape index (κ1) is 12.6. The highest BCUT2D eigenvalue weighted by molar-refractivity contribution is 5.95. The second-order valence-corrected chi connectivity index (χ2v) is 4.42. The summed E-state index contributed by atoms with van der Waals surface area (Å²) in [6.07, 6.45) is 10.0. The Morgan fingerprint density at radius 3 is 2.78 bits per heavy atom. The van der Waals surface area contributed by atoms with Crippen molar-refractivity contribution >= 4 is 5.78 Å². The zero-order valence-corrected chi connectivity index (χ0v) is 10.7. The third-order valence-electron chi connectivity index (χ3n) is 2.96. The Kier molecular flexibility index (Phi) is 4.29. The first-order valence-corrected chi connectivity index (χ1v) is 6.37. The summed E-state index contributed by atoms with van der Waals surface area (Å²) in [4.78, 5) is 15.7. The number of carbonyl (C=O) groups is 1. The van der Waals surface area contributed by atoms with E-state index in [9.17, 15) is 4.79 Å². The molecule has 0 aromatic carbocycles. The van der Waals surface area contributed by atoms with Crippen LogP contribution in [-0.2, 0) is 13.0 Å². The topological polar surface area (TPSA) is 34.9 Å². The van der Waals surface area contributed by atoms with E-state index in [1.807, 2.05) is 37.5 Å². The summed E-state index contributed by atoms with van der Waals surface area (Å²) in [6.45, 7) is 2.92. The summed E-state index contributed by atoms with van der Waals surface area (Å²) in [6, 6.07) is 5.95. The van der Waals surface area contributed by atoms with Gasteiger partial charge in [0.1, 0.15) is 0 Å². The SMILES string of the molecule is CCCC(=O)c1ccn(CCc2ccncc2)c1. The lowest BCUT2D eigenvalue weighted by atomic mass is 10.1. The van der Waals surface area contributed by atoms with Crippen LogP contribution in [0.2, 0.25) is 0 Å². The van der Waals surface area contributed by atoms with Gasteiger partial charge in [-0.25, -0.2) is 0 Å². The van der Waals surface area contributed by atoms with Crippen molar-refractivity contribution in [3.8, 4) is 0 Å². The van der Waals surface area contributed by atoms with Gasteiger partial charge in [-0.3, -0.25) is 9.78 Å². The molecule has 3 heteroatoms. The van der Waals surface area contributed by atoms with E-state index in [1.165, 1.54) is 5.56 Å². The van der Waals surface area contributed by atoms with Gasteiger partial charge >= 0.3 is 0 Å². The molecule has 0 amide bonds. The number of carbonyl (C=O) groups excluding carboxylic acids is 1. The van der Waals surface area contributed by atoms with Crippen molar-refractivity contribution in [1.82, 2.24) is 9.55 Å². The van der Waals surface area contributed by atoms with Crippen molar-refractivity contribution in [1.29, 1.82) is 0 Å². The van der Waals surface area contributed by atoms with Crippen LogP contribution in [0.3, 0.4) is 0 Å². The van der Waals surface area contributed by atoms with Gasteiger partial charge in [0.05, 0.1) is 0 Å². The Balaban J connectivity index is 1.93. The minimum atomic E-state index is 0.236. The fourth-order valence-corrected chi connectivity index (χ4v) is 1.92. The van der Waals surface area contributed by atoms with Gasteiger partial charge in [-0.2, -0.15) is 0 Å². The highest BCUT2D eigenvalue weighted by atomic mass is 16.1. The largest absolute Gasteiger partial charge is 0.353 e. The number of aryl methyl sites for hydroxylation is 2. The monoisotopic (exact) mass is 242 g/mol. The Labute approximate surface area is 107 Å². The van der Waals surface area contributed by atoms with E-state index in [-0.39, 0.29) is 5.78 Å². The molecule has 18 heavy (non-hydrogen) atoms. The minimum absolute atomic E-state index is 0.236. The number of hydrogen-bond donors (Lipinski definition) is 0. The van der Waals surface area contributed by atoms with Crippen LogP contribution < -0.4 is 0 Å². The van der Waals surface area contributed by atoms with E-state index in [1.54, 1.807) is 12.4 Å². The minimum Gasteiger partial charge on any atom is -0.353 e. The molecule has 0 aliphatic rings. The van der Waals surface area contributed by atoms with Gasteiger partial charge in [-0.05, 0) is 36.6 Å². The quantitative estimate of drug-likeness (QED) is 0.729. The van der Waals surface area contributed by atoms with Crippen LogP contribution >= 0.6 is 0 Å². The first-order chi connectivity index (χ1) is 8.79. The number of aromatic nitrogens is 2. The van der Waals surface area contributed by atoms with Crippen molar-refractivity contribution in [2.75, 3.05) is 0 Å². The molecule has 2 rings (SSSR count). The van der Waals surface area contributed by atoms with Crippen LogP contribution in [0.1, 0.15) is 35.7 Å². The Hall–Kier alpha value is -1.90. The molecule has 0 bridgehead atoms. The first-order valence-electron chi connectivity index (χ1n) is 6.37. The van der Waals surface area contributed by atoms with Crippen molar-refractivity contribution in [3.63, 3.8) is 0 Å². The van der Waals surface area contributed by atoms with Crippen molar-refractivity contribution in [2.24, 2.45) is 0 Å². The maximum absolute atomic E-state index is 11.7. The van der Waals surface area contributed by atoms with Crippen LogP contribution in [0.5, 0.6) is 0 Å². The fourth-order valence-electron chi connectivity index (χ4n) is 1.92. The molecular formula is C15H18N2O. The van der Waals surface area contributed by atoms with Crippen molar-refractivity contribution in [2.45, 2.75) is 32.7 Å². The maximum Gasteiger partial charge on any atom is 0.164 e. The van der Waals surface area contributed by atoms with Crippen LogP contribution in [-0.4, -0.2) is 15.3 Å². The van der Waals surface area contributed by atoms with Gasteiger partial charge in [0.25, 0.3) is 0 Å². The van der Waals surface area contributed by atoms with Crippen LogP contribution in [0.25, 0.3) is 0 Å². The molecule has 94 valence electrons. The van der Waals surface area contributed by atoms with Gasteiger partial charge in [-0.1, -0.05) is 6.92 Å². The molecule has 0 spiro atoms. The third kappa shape index (κ3) is 3.29. The predicted molar refractivity (Wildman–Crippen MR) is 71.6 cm³/mol. The molecule has 0 unspecified atom stereocenters. The van der Waals surface area contributed by atoms with Gasteiger partial charge < -0.3 is 4.57 Å². The second kappa shape index (κ2) is 6.15. The molecule has 0 atom stereocenters. The van der Waals surface area contributed by atoms with Crippen LogP contribution in [0.4, 0.5) is 0 Å². The molecule has 2 aromatic heterocycles. The number of ketones is 1. The molecule has 2 aromatic rings. The zero-order valence-electron chi connectivity index (χ0n) is 10.7. The third-order valence-corrected chi connectivity index (χ3v) is 2.96. The molecular weight excluding hydrogens is 224 g/mol. The lowest BCUT2D eigenvalue weighted by Crippen LogP contribution is -2.00. The van der Waals surface area contributed by atoms with Crippen molar-refractivity contribution in [3.05, 3.63) is 54.1 Å². The van der Waals surface area contributed by atoms with E-state index < -0.39 is 0 Å². The summed E-state index contributed by atoms with van der Waals surface area (Å²) in [5.74, 6) is 0.236. The Bertz CT molecular complexity index is 502. The Morgan fingerprint density at radius 1 is 1.28 bits per heavy atom. The smallest absolute Gasteiger partial charge is 0.164 e. The standard InChI is InChI=1S/C15H18N2O/c1-2-3-15(18)14-7-11-17(12-14)10-6-13-4-8-16-9-5-13/h4-5,7-9,11-12H,2-3,6,10H2,1H3. The lowest BCUT2D eigenvalue weighted by molar-refractivity contribution is 0.0981. The highest BCUT2D eigenvalue weighted by Gasteiger charge is 2.06. The molecule has 0 fully saturated rings. The molecule has 3 nitrogen and oxygen atoms in total. The van der Waals surface area contributed by atoms with Gasteiger partial charge in [0, 0.05) is 43.3 Å². The summed E-state index contributed by atoms with van der Waals surface area (Å²) in [5.41, 5.74) is 2.09. The van der Waals surface area contributed by atoms with Gasteiger partial charge in [0.15, 0.2) is 5.78 Å². The fraction of sp³-hybridized carbons (Fsp3) is 0.333. The van der Waals surface area contributed by atoms with E-state index in [2.05, 4.69) is 9.55 Å². The number of Topliss-reactive ketones (excluding diaryl/α,β-unsaturated/α-hetero) is 1. The molecule has 0 saturated carbocycles. The average molecular weight is 242 g/mol.